The smallest absolute Gasteiger partial charge is 0.421 e. The zero-order chi connectivity index (χ0) is 21.9. The number of nitrogens with zero attached hydrogens (tertiary/aromatic N) is 3. The molecule has 3 heterocycles. The quantitative estimate of drug-likeness (QED) is 0.790. The van der Waals surface area contributed by atoms with E-state index in [4.69, 9.17) is 4.42 Å². The third-order valence-corrected chi connectivity index (χ3v) is 6.45. The number of aromatic carboxylic acids is 1. The van der Waals surface area contributed by atoms with Crippen LogP contribution in [0.5, 0.6) is 0 Å². The molecule has 0 spiro atoms. The van der Waals surface area contributed by atoms with Crippen molar-refractivity contribution in [2.75, 3.05) is 13.1 Å². The second-order valence-corrected chi connectivity index (χ2v) is 8.68. The lowest BCUT2D eigenvalue weighted by Crippen LogP contribution is -2.40. The first-order valence-corrected chi connectivity index (χ1v) is 10.5. The Hall–Kier alpha value is -2.78. The first-order valence-electron chi connectivity index (χ1n) is 10.5. The number of rotatable bonds is 4. The van der Waals surface area contributed by atoms with E-state index in [9.17, 15) is 27.9 Å². The number of carboxylic acids is 1. The standard InChI is InChI=1S/C21H22F3N3O4/c22-21(23,24)16-15-14(31-18(16)20(29)30)4-3-13-10-27(25-17(13)15)9-11-5-7-26(8-6-11)19(28)12-1-2-12/h10-12H,1-9H2,(H,29,30). The molecule has 0 atom stereocenters. The van der Waals surface area contributed by atoms with Crippen LogP contribution in [0.25, 0.3) is 11.3 Å². The highest BCUT2D eigenvalue weighted by molar-refractivity contribution is 5.90. The molecular weight excluding hydrogens is 415 g/mol. The molecule has 0 radical (unpaired) electrons. The number of carbonyl (C=O) groups is 2. The molecule has 0 bridgehead atoms. The van der Waals surface area contributed by atoms with Crippen molar-refractivity contribution in [1.82, 2.24) is 14.7 Å². The number of fused-ring (bicyclic) bond motifs is 3. The number of aryl methyl sites for hydroxylation is 2. The Labute approximate surface area is 175 Å². The van der Waals surface area contributed by atoms with Gasteiger partial charge in [-0.25, -0.2) is 4.79 Å². The number of hydrogen-bond donors (Lipinski definition) is 1. The van der Waals surface area contributed by atoms with Crippen LogP contribution in [0.3, 0.4) is 0 Å². The van der Waals surface area contributed by atoms with Gasteiger partial charge >= 0.3 is 12.1 Å². The van der Waals surface area contributed by atoms with Crippen molar-refractivity contribution in [1.29, 1.82) is 0 Å². The minimum atomic E-state index is -4.86. The van der Waals surface area contributed by atoms with Crippen LogP contribution in [0.15, 0.2) is 10.6 Å². The minimum Gasteiger partial charge on any atom is -0.475 e. The van der Waals surface area contributed by atoms with Gasteiger partial charge in [0, 0.05) is 38.2 Å². The maximum atomic E-state index is 13.7. The zero-order valence-electron chi connectivity index (χ0n) is 16.7. The van der Waals surface area contributed by atoms with Gasteiger partial charge in [0.05, 0.1) is 11.3 Å². The molecule has 166 valence electrons. The summed E-state index contributed by atoms with van der Waals surface area (Å²) in [7, 11) is 0. The topological polar surface area (TPSA) is 88.6 Å². The largest absolute Gasteiger partial charge is 0.475 e. The molecule has 1 N–H and O–H groups in total. The number of carboxylic acid groups (broad SMARTS) is 1. The Balaban J connectivity index is 1.37. The van der Waals surface area contributed by atoms with E-state index < -0.39 is 23.5 Å². The van der Waals surface area contributed by atoms with Crippen molar-refractivity contribution in [3.05, 3.63) is 28.8 Å². The Bertz CT molecular complexity index is 1040. The van der Waals surface area contributed by atoms with E-state index in [2.05, 4.69) is 5.10 Å². The normalized spacial score (nSPS) is 19.3. The summed E-state index contributed by atoms with van der Waals surface area (Å²) in [4.78, 5) is 25.5. The molecular formula is C21H22F3N3O4. The average Bonchev–Trinajstić information content (AvgIpc) is 3.34. The number of aromatic nitrogens is 2. The maximum absolute atomic E-state index is 13.7. The fourth-order valence-electron chi connectivity index (χ4n) is 4.71. The van der Waals surface area contributed by atoms with Gasteiger partial charge in [0.2, 0.25) is 11.7 Å². The molecule has 2 aromatic rings. The van der Waals surface area contributed by atoms with E-state index in [-0.39, 0.29) is 41.2 Å². The van der Waals surface area contributed by atoms with Crippen LogP contribution in [-0.4, -0.2) is 44.8 Å². The Morgan fingerprint density at radius 1 is 1.16 bits per heavy atom. The number of piperidine rings is 1. The molecule has 2 aromatic heterocycles. The molecule has 0 aromatic carbocycles. The van der Waals surface area contributed by atoms with E-state index in [1.165, 1.54) is 0 Å². The van der Waals surface area contributed by atoms with Gasteiger partial charge in [0.1, 0.15) is 11.3 Å². The van der Waals surface area contributed by atoms with Crippen molar-refractivity contribution >= 4 is 11.9 Å². The molecule has 2 aliphatic carbocycles. The van der Waals surface area contributed by atoms with Crippen molar-refractivity contribution in [2.24, 2.45) is 11.8 Å². The summed E-state index contributed by atoms with van der Waals surface area (Å²) in [5, 5.41) is 13.6. The number of amides is 1. The van der Waals surface area contributed by atoms with Crippen LogP contribution in [-0.2, 0) is 30.4 Å². The average molecular weight is 437 g/mol. The summed E-state index contributed by atoms with van der Waals surface area (Å²) in [6, 6.07) is 0. The lowest BCUT2D eigenvalue weighted by Gasteiger charge is -2.32. The zero-order valence-corrected chi connectivity index (χ0v) is 16.7. The predicted molar refractivity (Wildman–Crippen MR) is 101 cm³/mol. The van der Waals surface area contributed by atoms with Crippen molar-refractivity contribution in [3.8, 4) is 11.3 Å². The van der Waals surface area contributed by atoms with Gasteiger partial charge in [-0.05, 0) is 43.6 Å². The monoisotopic (exact) mass is 437 g/mol. The number of hydrogen-bond acceptors (Lipinski definition) is 4. The van der Waals surface area contributed by atoms with E-state index in [0.29, 0.717) is 31.6 Å². The van der Waals surface area contributed by atoms with Crippen LogP contribution < -0.4 is 0 Å². The number of furan rings is 1. The minimum absolute atomic E-state index is 0.0226. The summed E-state index contributed by atoms with van der Waals surface area (Å²) in [5.41, 5.74) is -0.675. The number of alkyl halides is 3. The first kappa shape index (κ1) is 20.1. The highest BCUT2D eigenvalue weighted by Crippen LogP contribution is 2.46. The van der Waals surface area contributed by atoms with Gasteiger partial charge in [0.15, 0.2) is 0 Å². The molecule has 7 nitrogen and oxygen atoms in total. The third kappa shape index (κ3) is 3.61. The third-order valence-electron chi connectivity index (χ3n) is 6.45. The van der Waals surface area contributed by atoms with Crippen molar-refractivity contribution < 1.29 is 32.3 Å². The highest BCUT2D eigenvalue weighted by atomic mass is 19.4. The SMILES string of the molecule is O=C(O)c1oc2c(c1C(F)(F)F)-c1nn(CC3CCN(C(=O)C4CC4)CC3)cc1CC2. The van der Waals surface area contributed by atoms with Gasteiger partial charge in [-0.3, -0.25) is 9.48 Å². The second-order valence-electron chi connectivity index (χ2n) is 8.68. The molecule has 2 fully saturated rings. The van der Waals surface area contributed by atoms with Crippen LogP contribution in [0.2, 0.25) is 0 Å². The fourth-order valence-corrected chi connectivity index (χ4v) is 4.71. The van der Waals surface area contributed by atoms with Gasteiger partial charge < -0.3 is 14.4 Å². The van der Waals surface area contributed by atoms with Crippen LogP contribution in [0.4, 0.5) is 13.2 Å². The van der Waals surface area contributed by atoms with Crippen LogP contribution in [0.1, 0.15) is 53.1 Å². The van der Waals surface area contributed by atoms with Crippen LogP contribution in [0, 0.1) is 11.8 Å². The molecule has 3 aliphatic rings. The molecule has 0 unspecified atom stereocenters. The number of carbonyl (C=O) groups excluding carboxylic acids is 1. The molecule has 5 rings (SSSR count). The van der Waals surface area contributed by atoms with E-state index >= 15 is 0 Å². The Kier molecular flexibility index (Phi) is 4.63. The molecule has 31 heavy (non-hydrogen) atoms. The number of likely N-dealkylation sites (tertiary alicyclic amines) is 1. The summed E-state index contributed by atoms with van der Waals surface area (Å²) in [6.45, 7) is 1.96. The lowest BCUT2D eigenvalue weighted by molar-refractivity contribution is -0.138. The fraction of sp³-hybridized carbons (Fsp3) is 0.571. The molecule has 1 saturated heterocycles. The summed E-state index contributed by atoms with van der Waals surface area (Å²) in [6.07, 6.45) is 1.17. The van der Waals surface area contributed by atoms with Gasteiger partial charge in [-0.2, -0.15) is 18.3 Å². The second kappa shape index (κ2) is 7.13. The van der Waals surface area contributed by atoms with Crippen LogP contribution >= 0.6 is 0 Å². The maximum Gasteiger partial charge on any atom is 0.421 e. The van der Waals surface area contributed by atoms with Crippen molar-refractivity contribution in [3.63, 3.8) is 0 Å². The van der Waals surface area contributed by atoms with E-state index in [1.54, 1.807) is 10.9 Å². The summed E-state index contributed by atoms with van der Waals surface area (Å²) >= 11 is 0. The molecule has 10 heteroatoms. The van der Waals surface area contributed by atoms with Crippen molar-refractivity contribution in [2.45, 2.75) is 51.2 Å². The molecule has 1 saturated carbocycles. The Morgan fingerprint density at radius 3 is 2.48 bits per heavy atom. The first-order chi connectivity index (χ1) is 14.7. The van der Waals surface area contributed by atoms with Gasteiger partial charge in [-0.1, -0.05) is 0 Å². The molecule has 1 amide bonds. The Morgan fingerprint density at radius 2 is 1.87 bits per heavy atom. The van der Waals surface area contributed by atoms with E-state index in [1.807, 2.05) is 4.90 Å². The van der Waals surface area contributed by atoms with E-state index in [0.717, 1.165) is 25.7 Å². The summed E-state index contributed by atoms with van der Waals surface area (Å²) in [5.74, 6) is -2.06. The lowest BCUT2D eigenvalue weighted by atomic mass is 9.93. The van der Waals surface area contributed by atoms with Gasteiger partial charge in [0.25, 0.3) is 0 Å². The van der Waals surface area contributed by atoms with Gasteiger partial charge in [-0.15, -0.1) is 0 Å². The predicted octanol–water partition coefficient (Wildman–Crippen LogP) is 3.61. The highest BCUT2D eigenvalue weighted by Gasteiger charge is 2.45. The number of halogens is 3. The molecule has 1 aliphatic heterocycles. The summed E-state index contributed by atoms with van der Waals surface area (Å²) < 4.78 is 47.8.